The first kappa shape index (κ1) is 13.8. The zero-order chi connectivity index (χ0) is 11.2. The van der Waals surface area contributed by atoms with E-state index in [-0.39, 0.29) is 11.0 Å². The van der Waals surface area contributed by atoms with Gasteiger partial charge in [0.2, 0.25) is 0 Å². The molecule has 3 nitrogen and oxygen atoms in total. The number of halogens is 1. The van der Waals surface area contributed by atoms with Crippen molar-refractivity contribution in [3.63, 3.8) is 0 Å². The Bertz CT molecular complexity index is 177. The number of ether oxygens (including phenoxy) is 1. The molecule has 0 rings (SSSR count). The number of carbonyl (C=O) groups excluding carboxylic acids is 1. The van der Waals surface area contributed by atoms with E-state index >= 15 is 0 Å². The van der Waals surface area contributed by atoms with Crippen LogP contribution >= 0.6 is 15.9 Å². The molecule has 0 saturated heterocycles. The Morgan fingerprint density at radius 1 is 1.57 bits per heavy atom. The largest absolute Gasteiger partial charge is 0.444 e. The van der Waals surface area contributed by atoms with E-state index in [0.29, 0.717) is 0 Å². The number of alkyl halides is 1. The number of hydrogen-bond acceptors (Lipinski definition) is 2. The van der Waals surface area contributed by atoms with Crippen LogP contribution < -0.4 is 5.32 Å². The summed E-state index contributed by atoms with van der Waals surface area (Å²) in [5.41, 5.74) is -0.441. The maximum atomic E-state index is 11.3. The number of hydrogen-bond donors (Lipinski definition) is 1. The molecular formula is C10H19BrNO2. The predicted molar refractivity (Wildman–Crippen MR) is 61.3 cm³/mol. The Balaban J connectivity index is 3.71. The monoisotopic (exact) mass is 264 g/mol. The SMILES string of the molecule is [CH2]CCCC(Br)NC(=O)OC(C)(C)C. The second kappa shape index (κ2) is 6.27. The molecule has 1 N–H and O–H groups in total. The molecule has 0 bridgehead atoms. The Labute approximate surface area is 94.7 Å². The average molecular weight is 265 g/mol. The van der Waals surface area contributed by atoms with Gasteiger partial charge in [-0.15, -0.1) is 0 Å². The zero-order valence-corrected chi connectivity index (χ0v) is 10.7. The van der Waals surface area contributed by atoms with Crippen LogP contribution in [0.25, 0.3) is 0 Å². The van der Waals surface area contributed by atoms with Crippen LogP contribution in [-0.2, 0) is 4.74 Å². The van der Waals surface area contributed by atoms with E-state index in [4.69, 9.17) is 4.74 Å². The third kappa shape index (κ3) is 8.35. The average Bonchev–Trinajstić information content (AvgIpc) is 1.96. The highest BCUT2D eigenvalue weighted by atomic mass is 79.9. The van der Waals surface area contributed by atoms with Gasteiger partial charge < -0.3 is 10.1 Å². The molecular weight excluding hydrogens is 246 g/mol. The molecule has 0 spiro atoms. The summed E-state index contributed by atoms with van der Waals surface area (Å²) in [6.45, 7) is 9.25. The van der Waals surface area contributed by atoms with Crippen molar-refractivity contribution in [2.24, 2.45) is 0 Å². The van der Waals surface area contributed by atoms with E-state index in [1.807, 2.05) is 20.8 Å². The van der Waals surface area contributed by atoms with Crippen LogP contribution in [0.15, 0.2) is 0 Å². The molecule has 0 aliphatic rings. The van der Waals surface area contributed by atoms with Crippen LogP contribution in [0, 0.1) is 6.92 Å². The number of unbranched alkanes of at least 4 members (excludes halogenated alkanes) is 1. The third-order valence-corrected chi connectivity index (χ3v) is 2.07. The van der Waals surface area contributed by atoms with Gasteiger partial charge in [0.05, 0.1) is 4.95 Å². The maximum absolute atomic E-state index is 11.3. The van der Waals surface area contributed by atoms with Crippen molar-refractivity contribution in [1.82, 2.24) is 5.32 Å². The van der Waals surface area contributed by atoms with Gasteiger partial charge in [-0.25, -0.2) is 4.79 Å². The van der Waals surface area contributed by atoms with Crippen molar-refractivity contribution in [2.75, 3.05) is 0 Å². The number of nitrogens with one attached hydrogen (secondary N) is 1. The van der Waals surface area contributed by atoms with Gasteiger partial charge in [-0.1, -0.05) is 35.7 Å². The maximum Gasteiger partial charge on any atom is 0.408 e. The van der Waals surface area contributed by atoms with Gasteiger partial charge in [-0.3, -0.25) is 0 Å². The Kier molecular flexibility index (Phi) is 6.16. The van der Waals surface area contributed by atoms with Crippen LogP contribution in [0.2, 0.25) is 0 Å². The van der Waals surface area contributed by atoms with Crippen molar-refractivity contribution in [3.05, 3.63) is 6.92 Å². The van der Waals surface area contributed by atoms with Gasteiger partial charge in [0.1, 0.15) is 5.60 Å². The summed E-state index contributed by atoms with van der Waals surface area (Å²) in [4.78, 5) is 11.2. The van der Waals surface area contributed by atoms with Crippen LogP contribution in [-0.4, -0.2) is 16.6 Å². The van der Waals surface area contributed by atoms with Gasteiger partial charge in [-0.2, -0.15) is 0 Å². The standard InChI is InChI=1S/C10H19BrNO2/c1-5-6-7-8(11)12-9(13)14-10(2,3)4/h8H,1,5-7H2,2-4H3,(H,12,13). The van der Waals surface area contributed by atoms with Gasteiger partial charge in [0.15, 0.2) is 0 Å². The summed E-state index contributed by atoms with van der Waals surface area (Å²) in [5, 5.41) is 2.70. The number of carbonyl (C=O) groups is 1. The minimum Gasteiger partial charge on any atom is -0.444 e. The van der Waals surface area contributed by atoms with Crippen molar-refractivity contribution in [1.29, 1.82) is 0 Å². The van der Waals surface area contributed by atoms with Crippen LogP contribution in [0.4, 0.5) is 4.79 Å². The first-order chi connectivity index (χ1) is 6.35. The summed E-state index contributed by atoms with van der Waals surface area (Å²) < 4.78 is 5.09. The van der Waals surface area contributed by atoms with E-state index in [1.54, 1.807) is 0 Å². The second-order valence-electron chi connectivity index (χ2n) is 4.11. The quantitative estimate of drug-likeness (QED) is 0.626. The van der Waals surface area contributed by atoms with Gasteiger partial charge >= 0.3 is 6.09 Å². The lowest BCUT2D eigenvalue weighted by Gasteiger charge is -2.21. The summed E-state index contributed by atoms with van der Waals surface area (Å²) in [7, 11) is 0. The summed E-state index contributed by atoms with van der Waals surface area (Å²) in [6.07, 6.45) is 2.33. The Morgan fingerprint density at radius 3 is 2.57 bits per heavy atom. The van der Waals surface area contributed by atoms with E-state index in [9.17, 15) is 4.79 Å². The molecule has 0 heterocycles. The third-order valence-electron chi connectivity index (χ3n) is 1.38. The molecule has 0 fully saturated rings. The Hall–Kier alpha value is -0.250. The molecule has 14 heavy (non-hydrogen) atoms. The molecule has 0 saturated carbocycles. The number of alkyl carbamates (subject to hydrolysis) is 1. The molecule has 0 aromatic carbocycles. The van der Waals surface area contributed by atoms with E-state index in [2.05, 4.69) is 28.2 Å². The fraction of sp³-hybridized carbons (Fsp3) is 0.800. The fourth-order valence-corrected chi connectivity index (χ4v) is 1.34. The first-order valence-corrected chi connectivity index (χ1v) is 5.69. The summed E-state index contributed by atoms with van der Waals surface area (Å²) >= 11 is 3.35. The topological polar surface area (TPSA) is 38.3 Å². The molecule has 4 heteroatoms. The van der Waals surface area contributed by atoms with E-state index in [0.717, 1.165) is 19.3 Å². The molecule has 1 atom stereocenters. The summed E-state index contributed by atoms with van der Waals surface area (Å²) in [6, 6.07) is 0. The number of amides is 1. The summed E-state index contributed by atoms with van der Waals surface area (Å²) in [5.74, 6) is 0. The van der Waals surface area contributed by atoms with Crippen LogP contribution in [0.3, 0.4) is 0 Å². The molecule has 1 radical (unpaired) electrons. The highest BCUT2D eigenvalue weighted by Gasteiger charge is 2.17. The molecule has 83 valence electrons. The zero-order valence-electron chi connectivity index (χ0n) is 9.10. The van der Waals surface area contributed by atoms with Crippen molar-refractivity contribution >= 4 is 22.0 Å². The van der Waals surface area contributed by atoms with E-state index < -0.39 is 5.60 Å². The minimum absolute atomic E-state index is 0.0286. The number of rotatable bonds is 4. The molecule has 0 aromatic heterocycles. The van der Waals surface area contributed by atoms with Gasteiger partial charge in [0.25, 0.3) is 0 Å². The van der Waals surface area contributed by atoms with Crippen molar-refractivity contribution in [3.8, 4) is 0 Å². The molecule has 0 aliphatic heterocycles. The van der Waals surface area contributed by atoms with Crippen LogP contribution in [0.5, 0.6) is 0 Å². The van der Waals surface area contributed by atoms with E-state index in [1.165, 1.54) is 0 Å². The van der Waals surface area contributed by atoms with Gasteiger partial charge in [0, 0.05) is 0 Å². The predicted octanol–water partition coefficient (Wildman–Crippen LogP) is 3.24. The highest BCUT2D eigenvalue weighted by Crippen LogP contribution is 2.10. The Morgan fingerprint density at radius 2 is 2.14 bits per heavy atom. The van der Waals surface area contributed by atoms with Crippen molar-refractivity contribution in [2.45, 2.75) is 50.6 Å². The highest BCUT2D eigenvalue weighted by molar-refractivity contribution is 9.09. The normalized spacial score (nSPS) is 13.5. The molecule has 0 aliphatic carbocycles. The lowest BCUT2D eigenvalue weighted by Crippen LogP contribution is -2.36. The second-order valence-corrected chi connectivity index (χ2v) is 5.21. The van der Waals surface area contributed by atoms with Crippen LogP contribution in [0.1, 0.15) is 40.0 Å². The lowest BCUT2D eigenvalue weighted by molar-refractivity contribution is 0.0521. The lowest BCUT2D eigenvalue weighted by atomic mass is 10.2. The first-order valence-electron chi connectivity index (χ1n) is 4.78. The fourth-order valence-electron chi connectivity index (χ4n) is 0.831. The van der Waals surface area contributed by atoms with Crippen molar-refractivity contribution < 1.29 is 9.53 Å². The molecule has 1 unspecified atom stereocenters. The smallest absolute Gasteiger partial charge is 0.408 e. The molecule has 1 amide bonds. The minimum atomic E-state index is -0.441. The molecule has 0 aromatic rings. The van der Waals surface area contributed by atoms with Gasteiger partial charge in [-0.05, 0) is 27.2 Å².